The molecule has 1 rings (SSSR count). The number of rotatable bonds is 1. The molecule has 1 N–H and O–H groups in total. The Bertz CT molecular complexity index is 303. The van der Waals surface area contributed by atoms with E-state index in [-0.39, 0.29) is 0 Å². The molecule has 0 saturated heterocycles. The van der Waals surface area contributed by atoms with Gasteiger partial charge in [0.25, 0.3) is 0 Å². The lowest BCUT2D eigenvalue weighted by Crippen LogP contribution is -1.56. The third kappa shape index (κ3) is 18.6. The summed E-state index contributed by atoms with van der Waals surface area (Å²) in [5, 5.41) is 16.1. The van der Waals surface area contributed by atoms with Gasteiger partial charge >= 0.3 is 0 Å². The molecule has 0 bridgehead atoms. The maximum Gasteiger partial charge on any atom is 0.115 e. The first-order chi connectivity index (χ1) is 7.22. The first-order valence-corrected chi connectivity index (χ1v) is 4.20. The fourth-order valence-corrected chi connectivity index (χ4v) is 0.428. The number of phenols is 1. The average molecular weight is 201 g/mol. The standard InChI is InChI=1S/C6H6O.C4H6.C3H3N/c7-6-4-2-1-3-5-6;1-3-4-2;1-2-3-4/h1-5,7H;3-4H,1-2H2;2H,1H2. The number of nitriles is 1. The second-order valence-corrected chi connectivity index (χ2v) is 2.14. The predicted molar refractivity (Wildman–Crippen MR) is 64.3 cm³/mol. The fraction of sp³-hybridized carbons (Fsp3) is 0. The molecule has 0 spiro atoms. The van der Waals surface area contributed by atoms with Crippen molar-refractivity contribution in [3.8, 4) is 11.8 Å². The van der Waals surface area contributed by atoms with E-state index in [4.69, 9.17) is 10.4 Å². The third-order valence-corrected chi connectivity index (χ3v) is 1.01. The minimum Gasteiger partial charge on any atom is -0.508 e. The summed E-state index contributed by atoms with van der Waals surface area (Å²) in [6.45, 7) is 9.84. The molecule has 0 fully saturated rings. The summed E-state index contributed by atoms with van der Waals surface area (Å²) in [6, 6.07) is 10.4. The molecule has 0 heterocycles. The van der Waals surface area contributed by atoms with Crippen LogP contribution in [0, 0.1) is 11.3 Å². The van der Waals surface area contributed by atoms with Crippen molar-refractivity contribution < 1.29 is 5.11 Å². The van der Waals surface area contributed by atoms with Crippen molar-refractivity contribution in [2.75, 3.05) is 0 Å². The predicted octanol–water partition coefficient (Wildman–Crippen LogP) is 3.45. The lowest BCUT2D eigenvalue weighted by atomic mass is 10.3. The Labute approximate surface area is 91.1 Å². The number of allylic oxidation sites excluding steroid dienone is 3. The van der Waals surface area contributed by atoms with Crippen molar-refractivity contribution in [3.63, 3.8) is 0 Å². The highest BCUT2D eigenvalue weighted by atomic mass is 16.3. The lowest BCUT2D eigenvalue weighted by molar-refractivity contribution is 0.475. The summed E-state index contributed by atoms with van der Waals surface area (Å²) in [4.78, 5) is 0. The smallest absolute Gasteiger partial charge is 0.115 e. The number of para-hydroxylation sites is 1. The summed E-state index contributed by atoms with van der Waals surface area (Å²) >= 11 is 0. The van der Waals surface area contributed by atoms with E-state index < -0.39 is 0 Å². The molecule has 15 heavy (non-hydrogen) atoms. The van der Waals surface area contributed by atoms with E-state index in [0.29, 0.717) is 5.75 Å². The van der Waals surface area contributed by atoms with Crippen LogP contribution in [-0.4, -0.2) is 5.11 Å². The molecule has 78 valence electrons. The summed E-state index contributed by atoms with van der Waals surface area (Å²) in [6.07, 6.45) is 4.46. The molecule has 2 nitrogen and oxygen atoms in total. The van der Waals surface area contributed by atoms with Crippen LogP contribution in [0.3, 0.4) is 0 Å². The number of benzene rings is 1. The number of hydrogen-bond donors (Lipinski definition) is 1. The fourth-order valence-electron chi connectivity index (χ4n) is 0.428. The molecule has 0 aliphatic rings. The van der Waals surface area contributed by atoms with E-state index in [2.05, 4.69) is 19.7 Å². The molecule has 0 aliphatic carbocycles. The molecule has 0 amide bonds. The molecular weight excluding hydrogens is 186 g/mol. The zero-order valence-electron chi connectivity index (χ0n) is 8.63. The summed E-state index contributed by atoms with van der Waals surface area (Å²) in [7, 11) is 0. The van der Waals surface area contributed by atoms with E-state index in [0.717, 1.165) is 0 Å². The molecule has 0 aromatic heterocycles. The molecule has 2 heteroatoms. The highest BCUT2D eigenvalue weighted by Crippen LogP contribution is 2.02. The van der Waals surface area contributed by atoms with Gasteiger partial charge in [0.2, 0.25) is 0 Å². The van der Waals surface area contributed by atoms with Gasteiger partial charge in [-0.25, -0.2) is 0 Å². The Morgan fingerprint density at radius 1 is 1.07 bits per heavy atom. The number of hydrogen-bond acceptors (Lipinski definition) is 2. The van der Waals surface area contributed by atoms with E-state index >= 15 is 0 Å². The summed E-state index contributed by atoms with van der Waals surface area (Å²) in [5.74, 6) is 0.322. The van der Waals surface area contributed by atoms with Crippen LogP contribution >= 0.6 is 0 Å². The van der Waals surface area contributed by atoms with Gasteiger partial charge in [-0.1, -0.05) is 50.1 Å². The van der Waals surface area contributed by atoms with Crippen molar-refractivity contribution in [3.05, 3.63) is 68.3 Å². The Hall–Kier alpha value is -2.27. The first kappa shape index (κ1) is 15.2. The van der Waals surface area contributed by atoms with Crippen LogP contribution in [0.1, 0.15) is 0 Å². The number of nitrogens with zero attached hydrogens (tertiary/aromatic N) is 1. The van der Waals surface area contributed by atoms with Gasteiger partial charge in [-0.05, 0) is 12.1 Å². The summed E-state index contributed by atoms with van der Waals surface area (Å²) < 4.78 is 0. The maximum atomic E-state index is 8.63. The van der Waals surface area contributed by atoms with Crippen LogP contribution < -0.4 is 0 Å². The zero-order chi connectivity index (χ0) is 11.9. The molecule has 0 radical (unpaired) electrons. The zero-order valence-corrected chi connectivity index (χ0v) is 8.63. The number of aromatic hydroxyl groups is 1. The minimum atomic E-state index is 0.322. The largest absolute Gasteiger partial charge is 0.508 e. The molecule has 0 aliphatic heterocycles. The quantitative estimate of drug-likeness (QED) is 0.558. The van der Waals surface area contributed by atoms with Crippen molar-refractivity contribution in [2.24, 2.45) is 0 Å². The van der Waals surface area contributed by atoms with Crippen LogP contribution in [0.5, 0.6) is 5.75 Å². The van der Waals surface area contributed by atoms with Crippen LogP contribution in [0.2, 0.25) is 0 Å². The molecule has 1 aromatic rings. The molecule has 0 unspecified atom stereocenters. The minimum absolute atomic E-state index is 0.322. The Morgan fingerprint density at radius 2 is 1.47 bits per heavy atom. The van der Waals surface area contributed by atoms with Crippen molar-refractivity contribution in [1.82, 2.24) is 0 Å². The Balaban J connectivity index is 0. The van der Waals surface area contributed by atoms with Gasteiger partial charge in [0.05, 0.1) is 6.07 Å². The normalized spacial score (nSPS) is 6.33. The van der Waals surface area contributed by atoms with Gasteiger partial charge in [0.15, 0.2) is 0 Å². The van der Waals surface area contributed by atoms with Crippen LogP contribution in [0.4, 0.5) is 0 Å². The highest BCUT2D eigenvalue weighted by molar-refractivity contribution is 5.18. The molecule has 0 saturated carbocycles. The lowest BCUT2D eigenvalue weighted by Gasteiger charge is -1.82. The van der Waals surface area contributed by atoms with E-state index in [1.54, 1.807) is 42.5 Å². The average Bonchev–Trinajstić information content (AvgIpc) is 2.31. The maximum absolute atomic E-state index is 8.63. The van der Waals surface area contributed by atoms with Gasteiger partial charge in [-0.3, -0.25) is 0 Å². The Kier molecular flexibility index (Phi) is 14.5. The topological polar surface area (TPSA) is 44.0 Å². The van der Waals surface area contributed by atoms with Crippen LogP contribution in [0.25, 0.3) is 0 Å². The highest BCUT2D eigenvalue weighted by Gasteiger charge is 1.74. The third-order valence-electron chi connectivity index (χ3n) is 1.01. The van der Waals surface area contributed by atoms with Crippen molar-refractivity contribution >= 4 is 0 Å². The van der Waals surface area contributed by atoms with E-state index in [9.17, 15) is 0 Å². The van der Waals surface area contributed by atoms with Crippen molar-refractivity contribution in [1.29, 1.82) is 5.26 Å². The molecule has 1 aromatic carbocycles. The van der Waals surface area contributed by atoms with E-state index in [1.165, 1.54) is 6.08 Å². The van der Waals surface area contributed by atoms with Gasteiger partial charge in [-0.15, -0.1) is 0 Å². The molecule has 0 atom stereocenters. The summed E-state index contributed by atoms with van der Waals surface area (Å²) in [5.41, 5.74) is 0. The van der Waals surface area contributed by atoms with Gasteiger partial charge in [0, 0.05) is 6.08 Å². The van der Waals surface area contributed by atoms with Gasteiger partial charge in [0.1, 0.15) is 5.75 Å². The SMILES string of the molecule is C=CC#N.C=CC=C.Oc1ccccc1. The molecular formula is C13H15NO. The van der Waals surface area contributed by atoms with E-state index in [1.807, 2.05) is 6.07 Å². The van der Waals surface area contributed by atoms with Gasteiger partial charge in [-0.2, -0.15) is 5.26 Å². The Morgan fingerprint density at radius 3 is 1.60 bits per heavy atom. The van der Waals surface area contributed by atoms with Crippen molar-refractivity contribution in [2.45, 2.75) is 0 Å². The second kappa shape index (κ2) is 14.3. The monoisotopic (exact) mass is 201 g/mol. The second-order valence-electron chi connectivity index (χ2n) is 2.14. The van der Waals surface area contributed by atoms with Gasteiger partial charge < -0.3 is 5.11 Å². The number of phenolic OH excluding ortho intramolecular Hbond substituents is 1. The van der Waals surface area contributed by atoms with Crippen LogP contribution in [-0.2, 0) is 0 Å². The van der Waals surface area contributed by atoms with Crippen LogP contribution in [0.15, 0.2) is 68.3 Å². The first-order valence-electron chi connectivity index (χ1n) is 4.20.